The van der Waals surface area contributed by atoms with Gasteiger partial charge in [-0.3, -0.25) is 20.7 Å². The highest BCUT2D eigenvalue weighted by Crippen LogP contribution is 1.88. The SMILES string of the molecule is C=CC(=O)NCC(NC)(NC)NC. The highest BCUT2D eigenvalue weighted by atomic mass is 16.1. The Morgan fingerprint density at radius 2 is 1.77 bits per heavy atom. The third kappa shape index (κ3) is 3.54. The highest BCUT2D eigenvalue weighted by Gasteiger charge is 2.23. The van der Waals surface area contributed by atoms with E-state index in [9.17, 15) is 4.79 Å². The maximum absolute atomic E-state index is 10.9. The number of rotatable bonds is 6. The van der Waals surface area contributed by atoms with Gasteiger partial charge in [0.2, 0.25) is 5.91 Å². The van der Waals surface area contributed by atoms with Crippen molar-refractivity contribution in [3.63, 3.8) is 0 Å². The molecular weight excluding hydrogens is 168 g/mol. The van der Waals surface area contributed by atoms with Gasteiger partial charge in [0.1, 0.15) is 5.79 Å². The molecule has 0 aliphatic carbocycles. The van der Waals surface area contributed by atoms with E-state index in [2.05, 4.69) is 27.8 Å². The summed E-state index contributed by atoms with van der Waals surface area (Å²) < 4.78 is 0. The molecule has 5 nitrogen and oxygen atoms in total. The smallest absolute Gasteiger partial charge is 0.243 e. The molecule has 0 bridgehead atoms. The maximum atomic E-state index is 10.9. The van der Waals surface area contributed by atoms with Gasteiger partial charge in [-0.1, -0.05) is 6.58 Å². The second-order valence-corrected chi connectivity index (χ2v) is 2.58. The van der Waals surface area contributed by atoms with Crippen molar-refractivity contribution >= 4 is 5.91 Å². The molecule has 0 aliphatic rings. The van der Waals surface area contributed by atoms with Crippen LogP contribution in [0.3, 0.4) is 0 Å². The second-order valence-electron chi connectivity index (χ2n) is 2.58. The number of carbonyl (C=O) groups excluding carboxylic acids is 1. The van der Waals surface area contributed by atoms with Crippen LogP contribution < -0.4 is 21.3 Å². The fourth-order valence-corrected chi connectivity index (χ4v) is 0.932. The molecule has 5 heteroatoms. The van der Waals surface area contributed by atoms with Crippen LogP contribution in [0.1, 0.15) is 0 Å². The standard InChI is InChI=1S/C8H18N4O/c1-5-7(13)12-6-8(9-2,10-3)11-4/h5,9-11H,1,6H2,2-4H3,(H,12,13). The van der Waals surface area contributed by atoms with Crippen molar-refractivity contribution in [1.82, 2.24) is 21.3 Å². The van der Waals surface area contributed by atoms with E-state index in [0.29, 0.717) is 6.54 Å². The van der Waals surface area contributed by atoms with Crippen molar-refractivity contribution < 1.29 is 4.79 Å². The summed E-state index contributed by atoms with van der Waals surface area (Å²) in [6, 6.07) is 0. The molecule has 0 aromatic carbocycles. The molecule has 0 saturated carbocycles. The Kier molecular flexibility index (Phi) is 5.29. The summed E-state index contributed by atoms with van der Waals surface area (Å²) >= 11 is 0. The van der Waals surface area contributed by atoms with E-state index in [1.807, 2.05) is 0 Å². The Balaban J connectivity index is 4.09. The largest absolute Gasteiger partial charge is 0.348 e. The predicted molar refractivity (Wildman–Crippen MR) is 53.1 cm³/mol. The minimum absolute atomic E-state index is 0.190. The van der Waals surface area contributed by atoms with E-state index in [1.54, 1.807) is 21.1 Å². The Hall–Kier alpha value is -0.910. The molecule has 0 aromatic rings. The van der Waals surface area contributed by atoms with Crippen LogP contribution in [0.2, 0.25) is 0 Å². The molecule has 0 fully saturated rings. The van der Waals surface area contributed by atoms with Crippen LogP contribution >= 0.6 is 0 Å². The minimum Gasteiger partial charge on any atom is -0.348 e. The maximum Gasteiger partial charge on any atom is 0.243 e. The van der Waals surface area contributed by atoms with Gasteiger partial charge in [0, 0.05) is 0 Å². The first kappa shape index (κ1) is 12.1. The summed E-state index contributed by atoms with van der Waals surface area (Å²) in [4.78, 5) is 10.9. The Morgan fingerprint density at radius 3 is 2.08 bits per heavy atom. The predicted octanol–water partition coefficient (Wildman–Crippen LogP) is -1.40. The highest BCUT2D eigenvalue weighted by molar-refractivity contribution is 5.86. The van der Waals surface area contributed by atoms with Crippen LogP contribution in [0.25, 0.3) is 0 Å². The molecule has 76 valence electrons. The van der Waals surface area contributed by atoms with Crippen LogP contribution in [0.4, 0.5) is 0 Å². The zero-order valence-corrected chi connectivity index (χ0v) is 8.40. The van der Waals surface area contributed by atoms with Gasteiger partial charge in [0.25, 0.3) is 0 Å². The Bertz CT molecular complexity index is 169. The average Bonchev–Trinajstić information content (AvgIpc) is 2.20. The van der Waals surface area contributed by atoms with Gasteiger partial charge in [0.15, 0.2) is 0 Å². The molecule has 0 aliphatic heterocycles. The normalized spacial score (nSPS) is 11.0. The minimum atomic E-state index is -0.474. The molecule has 0 heterocycles. The molecule has 0 spiro atoms. The van der Waals surface area contributed by atoms with Gasteiger partial charge < -0.3 is 5.32 Å². The first-order chi connectivity index (χ1) is 6.14. The molecule has 4 N–H and O–H groups in total. The average molecular weight is 186 g/mol. The molecule has 0 rings (SSSR count). The van der Waals surface area contributed by atoms with Gasteiger partial charge in [0.05, 0.1) is 6.54 Å². The Labute approximate surface area is 79.0 Å². The van der Waals surface area contributed by atoms with E-state index in [1.165, 1.54) is 6.08 Å². The lowest BCUT2D eigenvalue weighted by atomic mass is 10.3. The third-order valence-electron chi connectivity index (χ3n) is 1.99. The van der Waals surface area contributed by atoms with Crippen LogP contribution in [0.15, 0.2) is 12.7 Å². The number of carbonyl (C=O) groups is 1. The molecule has 0 atom stereocenters. The van der Waals surface area contributed by atoms with Gasteiger partial charge >= 0.3 is 0 Å². The molecule has 1 amide bonds. The van der Waals surface area contributed by atoms with Crippen molar-refractivity contribution in [3.8, 4) is 0 Å². The molecule has 0 aromatic heterocycles. The summed E-state index contributed by atoms with van der Waals surface area (Å²) in [5.74, 6) is -0.663. The summed E-state index contributed by atoms with van der Waals surface area (Å²) in [7, 11) is 5.40. The van der Waals surface area contributed by atoms with Crippen LogP contribution in [-0.4, -0.2) is 39.4 Å². The number of amides is 1. The first-order valence-electron chi connectivity index (χ1n) is 4.11. The van der Waals surface area contributed by atoms with Crippen molar-refractivity contribution in [2.24, 2.45) is 0 Å². The monoisotopic (exact) mass is 186 g/mol. The summed E-state index contributed by atoms with van der Waals surface area (Å²) in [6.45, 7) is 3.80. The number of nitrogens with one attached hydrogen (secondary N) is 4. The quantitative estimate of drug-likeness (QED) is 0.304. The van der Waals surface area contributed by atoms with Gasteiger partial charge in [-0.05, 0) is 27.2 Å². The zero-order chi connectivity index (χ0) is 10.3. The van der Waals surface area contributed by atoms with Crippen LogP contribution in [-0.2, 0) is 4.79 Å². The molecule has 0 saturated heterocycles. The summed E-state index contributed by atoms with van der Waals surface area (Å²) in [5, 5.41) is 11.8. The lowest BCUT2D eigenvalue weighted by Gasteiger charge is -2.32. The topological polar surface area (TPSA) is 65.2 Å². The molecule has 0 radical (unpaired) electrons. The van der Waals surface area contributed by atoms with E-state index in [-0.39, 0.29) is 5.91 Å². The van der Waals surface area contributed by atoms with E-state index >= 15 is 0 Å². The van der Waals surface area contributed by atoms with E-state index in [0.717, 1.165) is 0 Å². The lowest BCUT2D eigenvalue weighted by molar-refractivity contribution is -0.116. The van der Waals surface area contributed by atoms with Crippen molar-refractivity contribution in [2.45, 2.75) is 5.79 Å². The van der Waals surface area contributed by atoms with Crippen LogP contribution in [0.5, 0.6) is 0 Å². The number of hydrogen-bond donors (Lipinski definition) is 4. The summed E-state index contributed by atoms with van der Waals surface area (Å²) in [6.07, 6.45) is 1.24. The fraction of sp³-hybridized carbons (Fsp3) is 0.625. The number of hydrogen-bond acceptors (Lipinski definition) is 4. The zero-order valence-electron chi connectivity index (χ0n) is 8.40. The molecule has 13 heavy (non-hydrogen) atoms. The first-order valence-corrected chi connectivity index (χ1v) is 4.11. The van der Waals surface area contributed by atoms with Crippen LogP contribution in [0, 0.1) is 0 Å². The van der Waals surface area contributed by atoms with E-state index in [4.69, 9.17) is 0 Å². The fourth-order valence-electron chi connectivity index (χ4n) is 0.932. The van der Waals surface area contributed by atoms with Gasteiger partial charge in [-0.25, -0.2) is 0 Å². The van der Waals surface area contributed by atoms with Gasteiger partial charge in [-0.2, -0.15) is 0 Å². The summed E-state index contributed by atoms with van der Waals surface area (Å²) in [5.41, 5.74) is 0. The Morgan fingerprint density at radius 1 is 1.31 bits per heavy atom. The second kappa shape index (κ2) is 5.69. The van der Waals surface area contributed by atoms with E-state index < -0.39 is 5.79 Å². The molecular formula is C8H18N4O. The molecule has 0 unspecified atom stereocenters. The van der Waals surface area contributed by atoms with Gasteiger partial charge in [-0.15, -0.1) is 0 Å². The van der Waals surface area contributed by atoms with Crippen molar-refractivity contribution in [3.05, 3.63) is 12.7 Å². The lowest BCUT2D eigenvalue weighted by Crippen LogP contribution is -2.68. The van der Waals surface area contributed by atoms with Crippen molar-refractivity contribution in [1.29, 1.82) is 0 Å². The van der Waals surface area contributed by atoms with Crippen molar-refractivity contribution in [2.75, 3.05) is 27.7 Å². The number of likely N-dealkylation sites (N-methyl/N-ethyl adjacent to an activating group) is 3. The third-order valence-corrected chi connectivity index (χ3v) is 1.99.